The Bertz CT molecular complexity index is 450. The molecule has 0 saturated carbocycles. The molecule has 1 aliphatic rings. The van der Waals surface area contributed by atoms with E-state index in [1.807, 2.05) is 18.2 Å². The van der Waals surface area contributed by atoms with Gasteiger partial charge in [-0.2, -0.15) is 0 Å². The van der Waals surface area contributed by atoms with Gasteiger partial charge in [0.25, 0.3) is 5.91 Å². The number of carbonyl (C=O) groups excluding carboxylic acids is 1. The van der Waals surface area contributed by atoms with Crippen molar-refractivity contribution in [1.82, 2.24) is 15.1 Å². The number of amides is 1. The topological polar surface area (TPSA) is 35.6 Å². The van der Waals surface area contributed by atoms with Crippen LogP contribution in [0.3, 0.4) is 0 Å². The summed E-state index contributed by atoms with van der Waals surface area (Å²) >= 11 is 0. The van der Waals surface area contributed by atoms with E-state index in [4.69, 9.17) is 0 Å². The summed E-state index contributed by atoms with van der Waals surface area (Å²) in [6.45, 7) is 6.29. The second-order valence-electron chi connectivity index (χ2n) is 5.42. The number of carbonyl (C=O) groups is 1. The van der Waals surface area contributed by atoms with Crippen LogP contribution in [0.1, 0.15) is 22.8 Å². The smallest absolute Gasteiger partial charge is 0.253 e. The van der Waals surface area contributed by atoms with Crippen LogP contribution in [-0.2, 0) is 6.54 Å². The summed E-state index contributed by atoms with van der Waals surface area (Å²) in [6, 6.07) is 8.51. The molecule has 1 aromatic carbocycles. The van der Waals surface area contributed by atoms with Crippen LogP contribution in [0.5, 0.6) is 0 Å². The molecule has 112 valence electrons. The van der Waals surface area contributed by atoms with Crippen LogP contribution >= 0.6 is 12.4 Å². The number of benzene rings is 1. The summed E-state index contributed by atoms with van der Waals surface area (Å²) in [6.07, 6.45) is 0. The first-order valence-electron chi connectivity index (χ1n) is 6.83. The van der Waals surface area contributed by atoms with Crippen molar-refractivity contribution in [2.24, 2.45) is 0 Å². The molecule has 1 N–H and O–H groups in total. The highest BCUT2D eigenvalue weighted by molar-refractivity contribution is 5.94. The molecule has 1 aliphatic heterocycles. The molecular formula is C15H24ClN3O. The summed E-state index contributed by atoms with van der Waals surface area (Å²) < 4.78 is 0. The van der Waals surface area contributed by atoms with Gasteiger partial charge < -0.3 is 10.2 Å². The molecule has 2 rings (SSSR count). The molecule has 1 aromatic rings. The van der Waals surface area contributed by atoms with Crippen molar-refractivity contribution in [1.29, 1.82) is 0 Å². The first-order valence-corrected chi connectivity index (χ1v) is 6.83. The van der Waals surface area contributed by atoms with E-state index in [9.17, 15) is 4.79 Å². The first-order chi connectivity index (χ1) is 9.08. The monoisotopic (exact) mass is 297 g/mol. The Labute approximate surface area is 127 Å². The van der Waals surface area contributed by atoms with E-state index < -0.39 is 0 Å². The standard InChI is InChI=1S/C15H23N3O.ClH/c1-12-10-16-7-8-18(12)11-13-5-4-6-14(9-13)15(19)17(2)3;/h4-6,9,12,16H,7-8,10-11H2,1-3H3;1H/t12-;/m0./s1. The Hall–Kier alpha value is -1.10. The van der Waals surface area contributed by atoms with E-state index in [1.54, 1.807) is 19.0 Å². The van der Waals surface area contributed by atoms with Gasteiger partial charge in [-0.3, -0.25) is 9.69 Å². The van der Waals surface area contributed by atoms with Crippen LogP contribution < -0.4 is 5.32 Å². The second-order valence-corrected chi connectivity index (χ2v) is 5.42. The number of hydrogen-bond acceptors (Lipinski definition) is 3. The summed E-state index contributed by atoms with van der Waals surface area (Å²) in [5.41, 5.74) is 1.98. The van der Waals surface area contributed by atoms with E-state index >= 15 is 0 Å². The van der Waals surface area contributed by atoms with Crippen LogP contribution in [0.2, 0.25) is 0 Å². The predicted octanol–water partition coefficient (Wildman–Crippen LogP) is 1.60. The number of halogens is 1. The summed E-state index contributed by atoms with van der Waals surface area (Å²) in [5.74, 6) is 0.0650. The summed E-state index contributed by atoms with van der Waals surface area (Å²) in [4.78, 5) is 16.0. The number of nitrogens with zero attached hydrogens (tertiary/aromatic N) is 2. The van der Waals surface area contributed by atoms with Crippen molar-refractivity contribution in [2.75, 3.05) is 33.7 Å². The first kappa shape index (κ1) is 17.0. The van der Waals surface area contributed by atoms with E-state index in [0.717, 1.165) is 31.7 Å². The average Bonchev–Trinajstić information content (AvgIpc) is 2.41. The Kier molecular flexibility index (Phi) is 6.46. The molecule has 4 nitrogen and oxygen atoms in total. The van der Waals surface area contributed by atoms with Gasteiger partial charge in [0, 0.05) is 51.9 Å². The summed E-state index contributed by atoms with van der Waals surface area (Å²) in [7, 11) is 3.57. The molecule has 1 fully saturated rings. The van der Waals surface area contributed by atoms with E-state index in [2.05, 4.69) is 23.2 Å². The largest absolute Gasteiger partial charge is 0.345 e. The Morgan fingerprint density at radius 2 is 2.20 bits per heavy atom. The van der Waals surface area contributed by atoms with Gasteiger partial charge in [-0.1, -0.05) is 12.1 Å². The highest BCUT2D eigenvalue weighted by Gasteiger charge is 2.18. The minimum absolute atomic E-state index is 0. The molecule has 0 aromatic heterocycles. The Morgan fingerprint density at radius 1 is 1.45 bits per heavy atom. The predicted molar refractivity (Wildman–Crippen MR) is 84.4 cm³/mol. The third kappa shape index (κ3) is 4.20. The van der Waals surface area contributed by atoms with Crippen molar-refractivity contribution in [2.45, 2.75) is 19.5 Å². The molecule has 0 spiro atoms. The number of rotatable bonds is 3. The fraction of sp³-hybridized carbons (Fsp3) is 0.533. The van der Waals surface area contributed by atoms with Gasteiger partial charge in [-0.25, -0.2) is 0 Å². The lowest BCUT2D eigenvalue weighted by molar-refractivity contribution is 0.0827. The normalized spacial score (nSPS) is 19.2. The van der Waals surface area contributed by atoms with Gasteiger partial charge in [0.2, 0.25) is 0 Å². The highest BCUT2D eigenvalue weighted by atomic mass is 35.5. The van der Waals surface area contributed by atoms with Crippen molar-refractivity contribution in [3.8, 4) is 0 Å². The van der Waals surface area contributed by atoms with E-state index in [0.29, 0.717) is 6.04 Å². The van der Waals surface area contributed by atoms with Gasteiger partial charge >= 0.3 is 0 Å². The molecule has 1 heterocycles. The lowest BCUT2D eigenvalue weighted by Gasteiger charge is -2.34. The Morgan fingerprint density at radius 3 is 2.85 bits per heavy atom. The zero-order valence-electron chi connectivity index (χ0n) is 12.4. The minimum atomic E-state index is 0. The molecule has 1 saturated heterocycles. The lowest BCUT2D eigenvalue weighted by atomic mass is 10.1. The van der Waals surface area contributed by atoms with Gasteiger partial charge in [-0.05, 0) is 24.6 Å². The fourth-order valence-corrected chi connectivity index (χ4v) is 2.41. The van der Waals surface area contributed by atoms with Crippen molar-refractivity contribution in [3.63, 3.8) is 0 Å². The molecule has 0 aliphatic carbocycles. The third-order valence-corrected chi connectivity index (χ3v) is 3.60. The fourth-order valence-electron chi connectivity index (χ4n) is 2.41. The van der Waals surface area contributed by atoms with Gasteiger partial charge in [0.05, 0.1) is 0 Å². The third-order valence-electron chi connectivity index (χ3n) is 3.60. The summed E-state index contributed by atoms with van der Waals surface area (Å²) in [5, 5.41) is 3.39. The van der Waals surface area contributed by atoms with Crippen LogP contribution in [0.4, 0.5) is 0 Å². The molecule has 1 atom stereocenters. The van der Waals surface area contributed by atoms with Crippen LogP contribution in [0.25, 0.3) is 0 Å². The van der Waals surface area contributed by atoms with E-state index in [1.165, 1.54) is 5.56 Å². The molecular weight excluding hydrogens is 274 g/mol. The van der Waals surface area contributed by atoms with Crippen LogP contribution in [0, 0.1) is 0 Å². The average molecular weight is 298 g/mol. The van der Waals surface area contributed by atoms with Gasteiger partial charge in [0.1, 0.15) is 0 Å². The molecule has 0 bridgehead atoms. The van der Waals surface area contributed by atoms with Crippen molar-refractivity contribution >= 4 is 18.3 Å². The number of hydrogen-bond donors (Lipinski definition) is 1. The molecule has 1 amide bonds. The maximum Gasteiger partial charge on any atom is 0.253 e. The van der Waals surface area contributed by atoms with Crippen molar-refractivity contribution < 1.29 is 4.79 Å². The van der Waals surface area contributed by atoms with Gasteiger partial charge in [-0.15, -0.1) is 12.4 Å². The number of piperazine rings is 1. The SMILES string of the molecule is C[C@H]1CNCCN1Cc1cccc(C(=O)N(C)C)c1.Cl. The van der Waals surface area contributed by atoms with Crippen molar-refractivity contribution in [3.05, 3.63) is 35.4 Å². The second kappa shape index (κ2) is 7.62. The molecule has 0 radical (unpaired) electrons. The zero-order chi connectivity index (χ0) is 13.8. The van der Waals surface area contributed by atoms with E-state index in [-0.39, 0.29) is 18.3 Å². The van der Waals surface area contributed by atoms with Gasteiger partial charge in [0.15, 0.2) is 0 Å². The maximum absolute atomic E-state index is 12.0. The highest BCUT2D eigenvalue weighted by Crippen LogP contribution is 2.12. The number of nitrogens with one attached hydrogen (secondary N) is 1. The van der Waals surface area contributed by atoms with Crippen LogP contribution in [-0.4, -0.2) is 55.5 Å². The zero-order valence-corrected chi connectivity index (χ0v) is 13.2. The van der Waals surface area contributed by atoms with Crippen LogP contribution in [0.15, 0.2) is 24.3 Å². The minimum Gasteiger partial charge on any atom is -0.345 e. The quantitative estimate of drug-likeness (QED) is 0.921. The molecule has 20 heavy (non-hydrogen) atoms. The maximum atomic E-state index is 12.0. The molecule has 5 heteroatoms. The lowest BCUT2D eigenvalue weighted by Crippen LogP contribution is -2.49. The molecule has 0 unspecified atom stereocenters. The Balaban J connectivity index is 0.00000200.